The number of benzene rings is 1. The maximum Gasteiger partial charge on any atom is 0.176 e. The van der Waals surface area contributed by atoms with Gasteiger partial charge in [0.2, 0.25) is 0 Å². The molecule has 166 valence electrons. The number of ether oxygens (including phenoxy) is 2. The predicted octanol–water partition coefficient (Wildman–Crippen LogP) is 2.84. The monoisotopic (exact) mass is 410 g/mol. The maximum absolute atomic E-state index is 12.1. The van der Waals surface area contributed by atoms with Crippen LogP contribution in [0.4, 0.5) is 0 Å². The number of aliphatic hydroxyl groups is 2. The summed E-state index contributed by atoms with van der Waals surface area (Å²) in [5, 5.41) is 26.6. The molecule has 0 bridgehead atoms. The van der Waals surface area contributed by atoms with Crippen molar-refractivity contribution in [2.24, 2.45) is 0 Å². The Balaban J connectivity index is 3.20. The highest BCUT2D eigenvalue weighted by molar-refractivity contribution is 5.97. The Morgan fingerprint density at radius 2 is 1.34 bits per heavy atom. The first kappa shape index (κ1) is 25.4. The lowest BCUT2D eigenvalue weighted by molar-refractivity contribution is 0.00664. The number of rotatable bonds is 9. The highest BCUT2D eigenvalue weighted by atomic mass is 16.5. The summed E-state index contributed by atoms with van der Waals surface area (Å²) in [4.78, 5) is 12.1. The van der Waals surface area contributed by atoms with Crippen LogP contribution in [0, 0.1) is 0 Å². The quantitative estimate of drug-likeness (QED) is 0.367. The van der Waals surface area contributed by atoms with E-state index in [0.717, 1.165) is 0 Å². The topological polar surface area (TPSA) is 100 Å². The second-order valence-corrected chi connectivity index (χ2v) is 9.56. The van der Waals surface area contributed by atoms with Crippen LogP contribution in [0.1, 0.15) is 72.7 Å². The molecule has 7 heteroatoms. The molecule has 4 N–H and O–H groups in total. The average molecular weight is 411 g/mol. The van der Waals surface area contributed by atoms with Crippen LogP contribution < -0.4 is 20.1 Å². The molecule has 1 aromatic carbocycles. The molecule has 0 aromatic heterocycles. The minimum absolute atomic E-state index is 0.161. The number of Topliss-reactive ketones (excluding diaryl/α,β-unsaturated/α-hetero) is 1. The average Bonchev–Trinajstić information content (AvgIpc) is 2.50. The first-order chi connectivity index (χ1) is 13.1. The van der Waals surface area contributed by atoms with Crippen molar-refractivity contribution in [2.75, 3.05) is 0 Å². The number of aliphatic hydroxyl groups excluding tert-OH is 2. The first-order valence-corrected chi connectivity index (χ1v) is 9.99. The van der Waals surface area contributed by atoms with E-state index < -0.39 is 24.7 Å². The Kier molecular flexibility index (Phi) is 8.65. The van der Waals surface area contributed by atoms with E-state index in [1.807, 2.05) is 41.5 Å². The van der Waals surface area contributed by atoms with E-state index in [1.165, 1.54) is 6.92 Å². The second-order valence-electron chi connectivity index (χ2n) is 9.56. The molecule has 0 aliphatic carbocycles. The largest absolute Gasteiger partial charge is 0.472 e. The number of carbonyl (C=O) groups is 1. The number of nitrogens with one attached hydrogen (secondary N) is 2. The van der Waals surface area contributed by atoms with Crippen molar-refractivity contribution in [1.82, 2.24) is 10.6 Å². The van der Waals surface area contributed by atoms with E-state index in [1.54, 1.807) is 32.0 Å². The van der Waals surface area contributed by atoms with Gasteiger partial charge in [0, 0.05) is 17.1 Å². The van der Waals surface area contributed by atoms with Crippen LogP contribution in [0.3, 0.4) is 0 Å². The fourth-order valence-electron chi connectivity index (χ4n) is 2.60. The third-order valence-electron chi connectivity index (χ3n) is 3.88. The molecule has 0 amide bonds. The van der Waals surface area contributed by atoms with E-state index in [9.17, 15) is 15.0 Å². The van der Waals surface area contributed by atoms with Crippen LogP contribution in [-0.4, -0.2) is 51.7 Å². The van der Waals surface area contributed by atoms with Crippen LogP contribution in [0.5, 0.6) is 11.5 Å². The maximum atomic E-state index is 12.1. The number of ketones is 1. The van der Waals surface area contributed by atoms with Crippen LogP contribution in [-0.2, 0) is 0 Å². The zero-order valence-corrected chi connectivity index (χ0v) is 19.2. The van der Waals surface area contributed by atoms with Gasteiger partial charge in [0.15, 0.2) is 18.2 Å². The summed E-state index contributed by atoms with van der Waals surface area (Å²) >= 11 is 0. The molecule has 0 radical (unpaired) electrons. The molecule has 0 aliphatic rings. The molecule has 0 aliphatic heterocycles. The molecular formula is C22H38N2O5. The Labute approximate surface area is 174 Å². The van der Waals surface area contributed by atoms with Crippen molar-refractivity contribution < 1.29 is 24.5 Å². The van der Waals surface area contributed by atoms with E-state index in [4.69, 9.17) is 9.47 Å². The smallest absolute Gasteiger partial charge is 0.176 e. The second kappa shape index (κ2) is 9.89. The van der Waals surface area contributed by atoms with Gasteiger partial charge in [-0.3, -0.25) is 15.4 Å². The van der Waals surface area contributed by atoms with Crippen molar-refractivity contribution in [3.63, 3.8) is 0 Å². The zero-order chi connectivity index (χ0) is 22.6. The number of carbonyl (C=O) groups excluding carboxylic acids is 1. The summed E-state index contributed by atoms with van der Waals surface area (Å²) in [6.45, 7) is 16.5. The van der Waals surface area contributed by atoms with Crippen LogP contribution >= 0.6 is 0 Å². The molecule has 0 saturated carbocycles. The van der Waals surface area contributed by atoms with Gasteiger partial charge in [0.25, 0.3) is 0 Å². The lowest BCUT2D eigenvalue weighted by Crippen LogP contribution is -2.52. The van der Waals surface area contributed by atoms with Gasteiger partial charge < -0.3 is 19.7 Å². The molecule has 4 atom stereocenters. The summed E-state index contributed by atoms with van der Waals surface area (Å²) < 4.78 is 11.9. The molecule has 0 heterocycles. The lowest BCUT2D eigenvalue weighted by atomic mass is 10.1. The van der Waals surface area contributed by atoms with Crippen LogP contribution in [0.15, 0.2) is 18.2 Å². The molecule has 7 nitrogen and oxygen atoms in total. The summed E-state index contributed by atoms with van der Waals surface area (Å²) in [5.74, 6) is 0.581. The Bertz CT molecular complexity index is 675. The van der Waals surface area contributed by atoms with Crippen molar-refractivity contribution in [1.29, 1.82) is 0 Å². The SMILES string of the molecule is CC(=O)c1ccc(OC(NC(C)(C)C)C(C)O)cc1OC(NC(C)(C)C)C(C)O. The molecular weight excluding hydrogens is 372 g/mol. The highest BCUT2D eigenvalue weighted by Gasteiger charge is 2.26. The van der Waals surface area contributed by atoms with Crippen molar-refractivity contribution >= 4 is 5.78 Å². The minimum Gasteiger partial charge on any atom is -0.472 e. The summed E-state index contributed by atoms with van der Waals surface area (Å²) in [5.41, 5.74) is -0.190. The first-order valence-electron chi connectivity index (χ1n) is 9.99. The fraction of sp³-hybridized carbons (Fsp3) is 0.682. The molecule has 0 fully saturated rings. The molecule has 1 rings (SSSR count). The zero-order valence-electron chi connectivity index (χ0n) is 19.2. The lowest BCUT2D eigenvalue weighted by Gasteiger charge is -2.32. The van der Waals surface area contributed by atoms with Gasteiger partial charge in [-0.1, -0.05) is 0 Å². The van der Waals surface area contributed by atoms with Crippen LogP contribution in [0.25, 0.3) is 0 Å². The van der Waals surface area contributed by atoms with Gasteiger partial charge in [0.1, 0.15) is 23.7 Å². The normalized spacial score (nSPS) is 16.7. The highest BCUT2D eigenvalue weighted by Crippen LogP contribution is 2.28. The van der Waals surface area contributed by atoms with E-state index in [0.29, 0.717) is 17.1 Å². The molecule has 0 saturated heterocycles. The van der Waals surface area contributed by atoms with Gasteiger partial charge >= 0.3 is 0 Å². The van der Waals surface area contributed by atoms with Gasteiger partial charge in [0.05, 0.1) is 5.56 Å². The number of hydrogen-bond acceptors (Lipinski definition) is 7. The van der Waals surface area contributed by atoms with Gasteiger partial charge in [-0.15, -0.1) is 0 Å². The summed E-state index contributed by atoms with van der Waals surface area (Å²) in [7, 11) is 0. The third-order valence-corrected chi connectivity index (χ3v) is 3.88. The number of hydrogen-bond donors (Lipinski definition) is 4. The van der Waals surface area contributed by atoms with E-state index in [2.05, 4.69) is 10.6 Å². The van der Waals surface area contributed by atoms with Crippen molar-refractivity contribution in [3.8, 4) is 11.5 Å². The van der Waals surface area contributed by atoms with Crippen LogP contribution in [0.2, 0.25) is 0 Å². The van der Waals surface area contributed by atoms with Gasteiger partial charge in [-0.25, -0.2) is 0 Å². The van der Waals surface area contributed by atoms with Crippen molar-refractivity contribution in [2.45, 2.75) is 98.1 Å². The third kappa shape index (κ3) is 9.12. The van der Waals surface area contributed by atoms with E-state index >= 15 is 0 Å². The minimum atomic E-state index is -0.814. The molecule has 1 aromatic rings. The standard InChI is InChI=1S/C22H38N2O5/c1-13(25)17-11-10-16(28-19(14(2)26)23-21(4,5)6)12-18(17)29-20(15(3)27)24-22(7,8)9/h10-12,14-15,19-20,23-24,26-27H,1-9H3. The van der Waals surface area contributed by atoms with Gasteiger partial charge in [-0.05, 0) is 74.4 Å². The van der Waals surface area contributed by atoms with E-state index in [-0.39, 0.29) is 16.9 Å². The summed E-state index contributed by atoms with van der Waals surface area (Å²) in [6.07, 6.45) is -2.94. The van der Waals surface area contributed by atoms with Crippen molar-refractivity contribution in [3.05, 3.63) is 23.8 Å². The fourth-order valence-corrected chi connectivity index (χ4v) is 2.60. The Morgan fingerprint density at radius 3 is 1.72 bits per heavy atom. The molecule has 0 spiro atoms. The Morgan fingerprint density at radius 1 is 0.897 bits per heavy atom. The molecule has 29 heavy (non-hydrogen) atoms. The predicted molar refractivity (Wildman–Crippen MR) is 114 cm³/mol. The van der Waals surface area contributed by atoms with Gasteiger partial charge in [-0.2, -0.15) is 0 Å². The Hall–Kier alpha value is -1.67. The summed E-state index contributed by atoms with van der Waals surface area (Å²) in [6, 6.07) is 4.90. The molecule has 4 unspecified atom stereocenters.